The molecule has 0 aliphatic heterocycles. The molecular weight excluding hydrogens is 326 g/mol. The summed E-state index contributed by atoms with van der Waals surface area (Å²) in [5, 5.41) is 0. The Morgan fingerprint density at radius 2 is 1.68 bits per heavy atom. The summed E-state index contributed by atoms with van der Waals surface area (Å²) in [6.07, 6.45) is 0. The Morgan fingerprint density at radius 3 is 2.32 bits per heavy atom. The largest absolute Gasteiger partial charge is 0.384 e. The molecule has 0 saturated heterocycles. The molecule has 0 bridgehead atoms. The van der Waals surface area contributed by atoms with Crippen LogP contribution in [0.4, 0.5) is 14.6 Å². The van der Waals surface area contributed by atoms with Gasteiger partial charge in [-0.1, -0.05) is 6.07 Å². The van der Waals surface area contributed by atoms with E-state index in [0.29, 0.717) is 5.56 Å². The monoisotopic (exact) mass is 340 g/mol. The van der Waals surface area contributed by atoms with Crippen LogP contribution >= 0.6 is 0 Å². The van der Waals surface area contributed by atoms with Gasteiger partial charge in [0.05, 0.1) is 11.3 Å². The van der Waals surface area contributed by atoms with Gasteiger partial charge in [0.2, 0.25) is 0 Å². The molecule has 0 spiro atoms. The zero-order valence-corrected chi connectivity index (χ0v) is 13.3. The summed E-state index contributed by atoms with van der Waals surface area (Å²) in [5.41, 5.74) is 6.32. The number of benzene rings is 2. The van der Waals surface area contributed by atoms with Gasteiger partial charge in [0.1, 0.15) is 17.5 Å². The van der Waals surface area contributed by atoms with Crippen molar-refractivity contribution in [3.8, 4) is 5.69 Å². The molecule has 25 heavy (non-hydrogen) atoms. The van der Waals surface area contributed by atoms with E-state index in [1.165, 1.54) is 30.3 Å². The molecule has 0 amide bonds. The average molecular weight is 340 g/mol. The fourth-order valence-corrected chi connectivity index (χ4v) is 2.54. The van der Waals surface area contributed by atoms with Crippen molar-refractivity contribution in [2.75, 3.05) is 5.73 Å². The first-order valence-corrected chi connectivity index (χ1v) is 7.47. The molecule has 3 aromatic rings. The van der Waals surface area contributed by atoms with Crippen LogP contribution in [0.1, 0.15) is 21.5 Å². The Kier molecular flexibility index (Phi) is 4.19. The number of anilines is 1. The van der Waals surface area contributed by atoms with Crippen molar-refractivity contribution in [2.24, 2.45) is 0 Å². The number of aryl methyl sites for hydroxylation is 1. The van der Waals surface area contributed by atoms with Crippen LogP contribution in [-0.4, -0.2) is 10.4 Å². The first kappa shape index (κ1) is 16.6. The Balaban J connectivity index is 2.16. The number of hydrogen-bond acceptors (Lipinski definition) is 3. The molecule has 0 unspecified atom stereocenters. The Labute approximate surface area is 142 Å². The molecule has 6 heteroatoms. The molecule has 0 aliphatic rings. The van der Waals surface area contributed by atoms with Gasteiger partial charge in [-0.15, -0.1) is 0 Å². The molecule has 0 radical (unpaired) electrons. The minimum Gasteiger partial charge on any atom is -0.384 e. The van der Waals surface area contributed by atoms with E-state index in [0.717, 1.165) is 22.8 Å². The molecule has 4 nitrogen and oxygen atoms in total. The SMILES string of the molecule is Cc1ccc(-n2c(N)c(C(=O)c3ccc(F)cc3)ccc2=O)c(F)c1. The van der Waals surface area contributed by atoms with Crippen molar-refractivity contribution < 1.29 is 13.6 Å². The second kappa shape index (κ2) is 6.32. The number of carbonyl (C=O) groups excluding carboxylic acids is 1. The van der Waals surface area contributed by atoms with Crippen molar-refractivity contribution in [1.82, 2.24) is 4.57 Å². The van der Waals surface area contributed by atoms with Crippen LogP contribution in [0.25, 0.3) is 5.69 Å². The topological polar surface area (TPSA) is 65.1 Å². The van der Waals surface area contributed by atoms with E-state index < -0.39 is 23.0 Å². The predicted molar refractivity (Wildman–Crippen MR) is 91.0 cm³/mol. The lowest BCUT2D eigenvalue weighted by Crippen LogP contribution is -2.24. The van der Waals surface area contributed by atoms with Gasteiger partial charge < -0.3 is 5.73 Å². The third-order valence-corrected chi connectivity index (χ3v) is 3.82. The number of rotatable bonds is 3. The van der Waals surface area contributed by atoms with Gasteiger partial charge in [-0.25, -0.2) is 8.78 Å². The number of ketones is 1. The lowest BCUT2D eigenvalue weighted by atomic mass is 10.0. The van der Waals surface area contributed by atoms with Crippen molar-refractivity contribution in [2.45, 2.75) is 6.92 Å². The summed E-state index contributed by atoms with van der Waals surface area (Å²) in [6.45, 7) is 1.72. The van der Waals surface area contributed by atoms with Crippen LogP contribution in [0.2, 0.25) is 0 Å². The predicted octanol–water partition coefficient (Wildman–Crippen LogP) is 3.24. The van der Waals surface area contributed by atoms with E-state index in [-0.39, 0.29) is 22.6 Å². The zero-order valence-electron chi connectivity index (χ0n) is 13.3. The van der Waals surface area contributed by atoms with Crippen LogP contribution in [0.15, 0.2) is 59.4 Å². The Morgan fingerprint density at radius 1 is 1.00 bits per heavy atom. The number of nitrogens with zero attached hydrogens (tertiary/aromatic N) is 1. The first-order chi connectivity index (χ1) is 11.9. The summed E-state index contributed by atoms with van der Waals surface area (Å²) in [4.78, 5) is 24.8. The normalized spacial score (nSPS) is 10.7. The van der Waals surface area contributed by atoms with Gasteiger partial charge in [-0.05, 0) is 55.0 Å². The van der Waals surface area contributed by atoms with Gasteiger partial charge in [-0.3, -0.25) is 14.2 Å². The van der Waals surface area contributed by atoms with Gasteiger partial charge >= 0.3 is 0 Å². The molecule has 3 rings (SSSR count). The zero-order chi connectivity index (χ0) is 18.1. The highest BCUT2D eigenvalue weighted by atomic mass is 19.1. The van der Waals surface area contributed by atoms with Crippen LogP contribution in [0.3, 0.4) is 0 Å². The minimum absolute atomic E-state index is 0.0335. The molecule has 126 valence electrons. The summed E-state index contributed by atoms with van der Waals surface area (Å²) < 4.78 is 28.2. The average Bonchev–Trinajstić information content (AvgIpc) is 2.57. The van der Waals surface area contributed by atoms with Gasteiger partial charge in [0.15, 0.2) is 5.78 Å². The van der Waals surface area contributed by atoms with Crippen LogP contribution < -0.4 is 11.3 Å². The number of aromatic nitrogens is 1. The summed E-state index contributed by atoms with van der Waals surface area (Å²) >= 11 is 0. The molecule has 2 N–H and O–H groups in total. The molecule has 0 saturated carbocycles. The van der Waals surface area contributed by atoms with Crippen LogP contribution in [-0.2, 0) is 0 Å². The number of hydrogen-bond donors (Lipinski definition) is 1. The molecule has 2 aromatic carbocycles. The number of nitrogen functional groups attached to an aromatic ring is 1. The summed E-state index contributed by atoms with van der Waals surface area (Å²) in [7, 11) is 0. The first-order valence-electron chi connectivity index (χ1n) is 7.47. The van der Waals surface area contributed by atoms with E-state index in [1.807, 2.05) is 0 Å². The van der Waals surface area contributed by atoms with Gasteiger partial charge in [-0.2, -0.15) is 0 Å². The van der Waals surface area contributed by atoms with E-state index in [2.05, 4.69) is 0 Å². The molecule has 1 aromatic heterocycles. The highest BCUT2D eigenvalue weighted by Gasteiger charge is 2.18. The fourth-order valence-electron chi connectivity index (χ4n) is 2.54. The quantitative estimate of drug-likeness (QED) is 0.745. The van der Waals surface area contributed by atoms with Crippen molar-refractivity contribution in [3.05, 3.63) is 93.3 Å². The molecular formula is C19H14F2N2O2. The van der Waals surface area contributed by atoms with Gasteiger partial charge in [0, 0.05) is 11.6 Å². The molecule has 1 heterocycles. The molecule has 0 fully saturated rings. The fraction of sp³-hybridized carbons (Fsp3) is 0.0526. The Bertz CT molecular complexity index is 1020. The number of pyridine rings is 1. The molecule has 0 aliphatic carbocycles. The standard InChI is InChI=1S/C19H14F2N2O2/c1-11-2-8-16(15(21)10-11)23-17(24)9-7-14(19(23)22)18(25)12-3-5-13(20)6-4-12/h2-10H,22H2,1H3. The van der Waals surface area contributed by atoms with Crippen molar-refractivity contribution in [1.29, 1.82) is 0 Å². The summed E-state index contributed by atoms with van der Waals surface area (Å²) in [6, 6.07) is 11.7. The second-order valence-corrected chi connectivity index (χ2v) is 5.60. The number of halogens is 2. The van der Waals surface area contributed by atoms with Crippen molar-refractivity contribution in [3.63, 3.8) is 0 Å². The number of carbonyl (C=O) groups is 1. The van der Waals surface area contributed by atoms with Crippen LogP contribution in [0.5, 0.6) is 0 Å². The van der Waals surface area contributed by atoms with Crippen molar-refractivity contribution >= 4 is 11.6 Å². The lowest BCUT2D eigenvalue weighted by Gasteiger charge is -2.14. The minimum atomic E-state index is -0.625. The lowest BCUT2D eigenvalue weighted by molar-refractivity contribution is 0.103. The maximum absolute atomic E-state index is 14.3. The maximum atomic E-state index is 14.3. The van der Waals surface area contributed by atoms with Gasteiger partial charge in [0.25, 0.3) is 5.56 Å². The highest BCUT2D eigenvalue weighted by Crippen LogP contribution is 2.21. The third kappa shape index (κ3) is 3.06. The third-order valence-electron chi connectivity index (χ3n) is 3.82. The van der Waals surface area contributed by atoms with E-state index in [4.69, 9.17) is 5.73 Å². The maximum Gasteiger partial charge on any atom is 0.256 e. The van der Waals surface area contributed by atoms with E-state index >= 15 is 0 Å². The summed E-state index contributed by atoms with van der Waals surface area (Å²) in [5.74, 6) is -1.76. The van der Waals surface area contributed by atoms with E-state index in [9.17, 15) is 18.4 Å². The molecule has 0 atom stereocenters. The van der Waals surface area contributed by atoms with Crippen LogP contribution in [0, 0.1) is 18.6 Å². The highest BCUT2D eigenvalue weighted by molar-refractivity contribution is 6.11. The Hall–Kier alpha value is -3.28. The number of nitrogens with two attached hydrogens (primary N) is 1. The van der Waals surface area contributed by atoms with E-state index in [1.54, 1.807) is 13.0 Å². The smallest absolute Gasteiger partial charge is 0.256 e. The second-order valence-electron chi connectivity index (χ2n) is 5.60.